The van der Waals surface area contributed by atoms with Gasteiger partial charge in [0, 0.05) is 11.9 Å². The van der Waals surface area contributed by atoms with Crippen molar-refractivity contribution in [2.24, 2.45) is 5.73 Å². The van der Waals surface area contributed by atoms with E-state index < -0.39 is 0 Å². The lowest BCUT2D eigenvalue weighted by Gasteiger charge is -2.04. The monoisotopic (exact) mass is 197 g/mol. The number of nitrogens with zero attached hydrogens (tertiary/aromatic N) is 2. The maximum Gasteiger partial charge on any atom is 0.230 e. The van der Waals surface area contributed by atoms with Gasteiger partial charge in [0.05, 0.1) is 5.25 Å². The summed E-state index contributed by atoms with van der Waals surface area (Å²) in [6.45, 7) is 3.61. The molecule has 0 aliphatic heterocycles. The normalized spacial score (nSPS) is 12.5. The van der Waals surface area contributed by atoms with Crippen molar-refractivity contribution in [1.29, 1.82) is 0 Å². The van der Waals surface area contributed by atoms with Gasteiger partial charge in [-0.15, -0.1) is 0 Å². The fourth-order valence-corrected chi connectivity index (χ4v) is 1.45. The van der Waals surface area contributed by atoms with Gasteiger partial charge < -0.3 is 5.73 Å². The van der Waals surface area contributed by atoms with Gasteiger partial charge in [-0.1, -0.05) is 11.8 Å². The Labute approximate surface area is 81.0 Å². The number of primary amides is 1. The molecule has 2 N–H and O–H groups in total. The molecule has 0 aliphatic carbocycles. The largest absolute Gasteiger partial charge is 0.369 e. The summed E-state index contributed by atoms with van der Waals surface area (Å²) < 4.78 is 0. The molecule has 4 nitrogen and oxygen atoms in total. The second kappa shape index (κ2) is 4.23. The van der Waals surface area contributed by atoms with E-state index in [2.05, 4.69) is 9.97 Å². The number of aryl methyl sites for hydroxylation is 1. The van der Waals surface area contributed by atoms with Gasteiger partial charge in [0.25, 0.3) is 0 Å². The van der Waals surface area contributed by atoms with E-state index in [-0.39, 0.29) is 11.2 Å². The Morgan fingerprint density at radius 3 is 2.92 bits per heavy atom. The van der Waals surface area contributed by atoms with Crippen LogP contribution in [0.25, 0.3) is 0 Å². The molecule has 0 saturated heterocycles. The van der Waals surface area contributed by atoms with Crippen molar-refractivity contribution >= 4 is 17.7 Å². The number of hydrogen-bond acceptors (Lipinski definition) is 4. The first kappa shape index (κ1) is 9.98. The van der Waals surface area contributed by atoms with Gasteiger partial charge in [0.2, 0.25) is 5.91 Å². The fourth-order valence-electron chi connectivity index (χ4n) is 0.699. The zero-order valence-electron chi connectivity index (χ0n) is 7.52. The van der Waals surface area contributed by atoms with Gasteiger partial charge in [-0.3, -0.25) is 4.79 Å². The van der Waals surface area contributed by atoms with Crippen molar-refractivity contribution in [2.75, 3.05) is 0 Å². The highest BCUT2D eigenvalue weighted by Gasteiger charge is 2.11. The van der Waals surface area contributed by atoms with Gasteiger partial charge in [0.1, 0.15) is 0 Å². The number of amides is 1. The second-order valence-corrected chi connectivity index (χ2v) is 3.95. The third-order valence-electron chi connectivity index (χ3n) is 1.46. The first-order chi connectivity index (χ1) is 6.09. The molecule has 0 aliphatic rings. The lowest BCUT2D eigenvalue weighted by atomic mass is 10.5. The number of hydrogen-bond donors (Lipinski definition) is 1. The second-order valence-electron chi connectivity index (χ2n) is 2.64. The van der Waals surface area contributed by atoms with Crippen molar-refractivity contribution in [3.8, 4) is 0 Å². The zero-order chi connectivity index (χ0) is 9.84. The highest BCUT2D eigenvalue weighted by Crippen LogP contribution is 2.18. The molecule has 70 valence electrons. The van der Waals surface area contributed by atoms with Crippen LogP contribution in [0.3, 0.4) is 0 Å². The van der Waals surface area contributed by atoms with Gasteiger partial charge in [0.15, 0.2) is 5.16 Å². The third kappa shape index (κ3) is 3.02. The van der Waals surface area contributed by atoms with E-state index in [4.69, 9.17) is 5.73 Å². The Morgan fingerprint density at radius 1 is 1.69 bits per heavy atom. The third-order valence-corrected chi connectivity index (χ3v) is 2.45. The average molecular weight is 197 g/mol. The first-order valence-corrected chi connectivity index (χ1v) is 4.73. The van der Waals surface area contributed by atoms with Crippen LogP contribution in [-0.4, -0.2) is 21.1 Å². The van der Waals surface area contributed by atoms with E-state index >= 15 is 0 Å². The van der Waals surface area contributed by atoms with E-state index in [1.165, 1.54) is 11.8 Å². The summed E-state index contributed by atoms with van der Waals surface area (Å²) in [5.41, 5.74) is 5.99. The van der Waals surface area contributed by atoms with Crippen LogP contribution in [0.4, 0.5) is 0 Å². The summed E-state index contributed by atoms with van der Waals surface area (Å²) in [7, 11) is 0. The zero-order valence-corrected chi connectivity index (χ0v) is 8.34. The summed E-state index contributed by atoms with van der Waals surface area (Å²) in [4.78, 5) is 18.9. The molecule has 0 aromatic carbocycles. The highest BCUT2D eigenvalue weighted by molar-refractivity contribution is 8.00. The molecule has 1 rings (SSSR count). The number of carbonyl (C=O) groups is 1. The molecule has 5 heteroatoms. The highest BCUT2D eigenvalue weighted by atomic mass is 32.2. The van der Waals surface area contributed by atoms with Crippen molar-refractivity contribution in [1.82, 2.24) is 9.97 Å². The summed E-state index contributed by atoms with van der Waals surface area (Å²) in [6.07, 6.45) is 1.67. The van der Waals surface area contributed by atoms with Crippen LogP contribution in [0.5, 0.6) is 0 Å². The topological polar surface area (TPSA) is 68.9 Å². The number of rotatable bonds is 3. The number of aromatic nitrogens is 2. The summed E-state index contributed by atoms with van der Waals surface area (Å²) >= 11 is 1.27. The van der Waals surface area contributed by atoms with Crippen molar-refractivity contribution in [3.05, 3.63) is 18.0 Å². The quantitative estimate of drug-likeness (QED) is 0.573. The molecule has 1 amide bonds. The number of nitrogens with two attached hydrogens (primary N) is 1. The van der Waals surface area contributed by atoms with E-state index in [9.17, 15) is 4.79 Å². The Kier molecular flexibility index (Phi) is 3.25. The van der Waals surface area contributed by atoms with Crippen LogP contribution in [-0.2, 0) is 4.79 Å². The minimum atomic E-state index is -0.352. The number of thioether (sulfide) groups is 1. The average Bonchev–Trinajstić information content (AvgIpc) is 2.04. The van der Waals surface area contributed by atoms with Crippen LogP contribution in [0, 0.1) is 6.92 Å². The van der Waals surface area contributed by atoms with E-state index in [0.29, 0.717) is 5.16 Å². The number of carbonyl (C=O) groups excluding carboxylic acids is 1. The van der Waals surface area contributed by atoms with Gasteiger partial charge >= 0.3 is 0 Å². The van der Waals surface area contributed by atoms with Crippen molar-refractivity contribution in [2.45, 2.75) is 24.3 Å². The van der Waals surface area contributed by atoms with E-state index in [1.54, 1.807) is 19.2 Å². The van der Waals surface area contributed by atoms with E-state index in [0.717, 1.165) is 5.69 Å². The molecule has 0 saturated carbocycles. The molecular formula is C8H11N3OS. The molecule has 1 aromatic rings. The van der Waals surface area contributed by atoms with Crippen LogP contribution in [0.2, 0.25) is 0 Å². The molecule has 1 heterocycles. The van der Waals surface area contributed by atoms with Crippen LogP contribution >= 0.6 is 11.8 Å². The maximum absolute atomic E-state index is 10.7. The predicted molar refractivity (Wildman–Crippen MR) is 51.3 cm³/mol. The lowest BCUT2D eigenvalue weighted by Crippen LogP contribution is -2.22. The SMILES string of the molecule is Cc1ccnc(SC(C)C(N)=O)n1. The fraction of sp³-hybridized carbons (Fsp3) is 0.375. The summed E-state index contributed by atoms with van der Waals surface area (Å²) in [5, 5.41) is 0.299. The Bertz CT molecular complexity index is 316. The predicted octanol–water partition coefficient (Wildman–Crippen LogP) is 0.751. The standard InChI is InChI=1S/C8H11N3OS/c1-5-3-4-10-8(11-5)13-6(2)7(9)12/h3-4,6H,1-2H3,(H2,9,12). The van der Waals surface area contributed by atoms with Crippen molar-refractivity contribution in [3.63, 3.8) is 0 Å². The molecule has 0 spiro atoms. The first-order valence-electron chi connectivity index (χ1n) is 3.85. The van der Waals surface area contributed by atoms with Gasteiger partial charge in [-0.25, -0.2) is 9.97 Å². The molecule has 0 bridgehead atoms. The Balaban J connectivity index is 2.69. The van der Waals surface area contributed by atoms with Crippen molar-refractivity contribution < 1.29 is 4.79 Å². The van der Waals surface area contributed by atoms with E-state index in [1.807, 2.05) is 6.92 Å². The molecule has 1 atom stereocenters. The maximum atomic E-state index is 10.7. The Morgan fingerprint density at radius 2 is 2.38 bits per heavy atom. The molecule has 1 aromatic heterocycles. The minimum absolute atomic E-state index is 0.290. The molecule has 0 radical (unpaired) electrons. The summed E-state index contributed by atoms with van der Waals surface area (Å²) in [6, 6.07) is 1.80. The Hall–Kier alpha value is -1.10. The molecule has 13 heavy (non-hydrogen) atoms. The van der Waals surface area contributed by atoms with Crippen LogP contribution < -0.4 is 5.73 Å². The van der Waals surface area contributed by atoms with Gasteiger partial charge in [-0.2, -0.15) is 0 Å². The van der Waals surface area contributed by atoms with Gasteiger partial charge in [-0.05, 0) is 19.9 Å². The molecule has 0 fully saturated rings. The molecule has 1 unspecified atom stereocenters. The summed E-state index contributed by atoms with van der Waals surface area (Å²) in [5.74, 6) is -0.352. The minimum Gasteiger partial charge on any atom is -0.369 e. The lowest BCUT2D eigenvalue weighted by molar-refractivity contribution is -0.117. The van der Waals surface area contributed by atoms with Crippen LogP contribution in [0.15, 0.2) is 17.4 Å². The van der Waals surface area contributed by atoms with Crippen LogP contribution in [0.1, 0.15) is 12.6 Å². The molecular weight excluding hydrogens is 186 g/mol. The smallest absolute Gasteiger partial charge is 0.230 e.